The topological polar surface area (TPSA) is 78.4 Å². The van der Waals surface area contributed by atoms with Crippen LogP contribution in [-0.2, 0) is 16.1 Å². The zero-order valence-corrected chi connectivity index (χ0v) is 19.4. The maximum atomic E-state index is 13.1. The summed E-state index contributed by atoms with van der Waals surface area (Å²) >= 11 is 0. The number of carbonyl (C=O) groups is 2. The van der Waals surface area contributed by atoms with E-state index in [0.717, 1.165) is 44.1 Å². The van der Waals surface area contributed by atoms with E-state index in [1.165, 1.54) is 12.1 Å². The summed E-state index contributed by atoms with van der Waals surface area (Å²) in [6.45, 7) is 6.67. The van der Waals surface area contributed by atoms with Crippen molar-refractivity contribution in [2.24, 2.45) is 35.0 Å². The Kier molecular flexibility index (Phi) is 6.62. The van der Waals surface area contributed by atoms with Crippen molar-refractivity contribution in [3.63, 3.8) is 0 Å². The van der Waals surface area contributed by atoms with Crippen LogP contribution in [0.5, 0.6) is 0 Å². The molecule has 3 aliphatic rings. The molecule has 1 aromatic rings. The lowest BCUT2D eigenvalue weighted by atomic mass is 9.51. The molecule has 6 heteroatoms. The van der Waals surface area contributed by atoms with E-state index in [0.29, 0.717) is 6.54 Å². The summed E-state index contributed by atoms with van der Waals surface area (Å²) in [6.07, 6.45) is 5.17. The summed E-state index contributed by atoms with van der Waals surface area (Å²) in [5.41, 5.74) is 0.888. The molecule has 0 bridgehead atoms. The number of aliphatic hydroxyl groups is 1. The molecule has 0 saturated heterocycles. The van der Waals surface area contributed by atoms with Crippen molar-refractivity contribution in [1.29, 1.82) is 0 Å². The zero-order chi connectivity index (χ0) is 23.0. The Morgan fingerprint density at radius 3 is 2.47 bits per heavy atom. The number of aliphatic hydroxyl groups excluding tert-OH is 1. The molecular weight excluding hydrogens is 407 g/mol. The Morgan fingerprint density at radius 2 is 1.81 bits per heavy atom. The van der Waals surface area contributed by atoms with Crippen molar-refractivity contribution in [3.05, 3.63) is 35.6 Å². The van der Waals surface area contributed by atoms with Crippen molar-refractivity contribution < 1.29 is 19.1 Å². The molecule has 5 nitrogen and oxygen atoms in total. The Bertz CT molecular complexity index is 840. The van der Waals surface area contributed by atoms with Gasteiger partial charge in [0.05, 0.1) is 6.10 Å². The van der Waals surface area contributed by atoms with E-state index in [2.05, 4.69) is 24.5 Å². The first kappa shape index (κ1) is 23.2. The fourth-order valence-electron chi connectivity index (χ4n) is 6.29. The number of benzene rings is 1. The van der Waals surface area contributed by atoms with Crippen LogP contribution in [0.3, 0.4) is 0 Å². The van der Waals surface area contributed by atoms with Gasteiger partial charge in [0.1, 0.15) is 5.82 Å². The molecule has 1 aromatic carbocycles. The first-order valence-corrected chi connectivity index (χ1v) is 12.2. The van der Waals surface area contributed by atoms with E-state index in [-0.39, 0.29) is 58.7 Å². The molecule has 4 rings (SSSR count). The molecule has 3 fully saturated rings. The average Bonchev–Trinajstić information content (AvgIpc) is 3.60. The number of fused-ring (bicyclic) bond motifs is 1. The van der Waals surface area contributed by atoms with E-state index in [9.17, 15) is 19.1 Å². The molecule has 0 unspecified atom stereocenters. The molecule has 2 amide bonds. The van der Waals surface area contributed by atoms with Crippen molar-refractivity contribution in [3.8, 4) is 0 Å². The van der Waals surface area contributed by atoms with Crippen LogP contribution in [0.4, 0.5) is 4.39 Å². The fraction of sp³-hybridized carbons (Fsp3) is 0.692. The van der Waals surface area contributed by atoms with Gasteiger partial charge in [0, 0.05) is 24.4 Å². The van der Waals surface area contributed by atoms with Gasteiger partial charge in [-0.3, -0.25) is 9.59 Å². The Hall–Kier alpha value is -1.95. The number of nitrogens with one attached hydrogen (secondary N) is 2. The molecule has 3 aliphatic carbocycles. The van der Waals surface area contributed by atoms with Crippen LogP contribution in [-0.4, -0.2) is 29.1 Å². The van der Waals surface area contributed by atoms with Gasteiger partial charge < -0.3 is 15.7 Å². The van der Waals surface area contributed by atoms with Crippen LogP contribution in [0.1, 0.15) is 64.9 Å². The molecule has 0 spiro atoms. The minimum absolute atomic E-state index is 0.0421. The summed E-state index contributed by atoms with van der Waals surface area (Å²) in [6, 6.07) is 6.21. The molecule has 0 radical (unpaired) electrons. The molecule has 7 atom stereocenters. The van der Waals surface area contributed by atoms with Crippen LogP contribution in [0.2, 0.25) is 0 Å². The lowest BCUT2D eigenvalue weighted by Gasteiger charge is -2.56. The number of rotatable bonds is 6. The monoisotopic (exact) mass is 444 g/mol. The highest BCUT2D eigenvalue weighted by atomic mass is 19.1. The summed E-state index contributed by atoms with van der Waals surface area (Å²) in [5, 5.41) is 17.7. The number of hydrogen-bond donors (Lipinski definition) is 3. The first-order chi connectivity index (χ1) is 15.2. The summed E-state index contributed by atoms with van der Waals surface area (Å²) in [4.78, 5) is 25.3. The van der Waals surface area contributed by atoms with E-state index < -0.39 is 6.10 Å². The van der Waals surface area contributed by atoms with Gasteiger partial charge in [0.15, 0.2) is 0 Å². The molecule has 176 valence electrons. The Balaban J connectivity index is 1.40. The Labute approximate surface area is 190 Å². The molecule has 0 aliphatic heterocycles. The van der Waals surface area contributed by atoms with Gasteiger partial charge in [-0.2, -0.15) is 0 Å². The van der Waals surface area contributed by atoms with Crippen molar-refractivity contribution in [1.82, 2.24) is 10.6 Å². The van der Waals surface area contributed by atoms with Gasteiger partial charge in [0.2, 0.25) is 11.8 Å². The molecule has 3 N–H and O–H groups in total. The summed E-state index contributed by atoms with van der Waals surface area (Å²) in [7, 11) is 0. The van der Waals surface area contributed by atoms with Crippen LogP contribution >= 0.6 is 0 Å². The predicted molar refractivity (Wildman–Crippen MR) is 121 cm³/mol. The maximum Gasteiger partial charge on any atom is 0.223 e. The smallest absolute Gasteiger partial charge is 0.223 e. The second kappa shape index (κ2) is 9.12. The van der Waals surface area contributed by atoms with Crippen molar-refractivity contribution in [2.75, 3.05) is 0 Å². The largest absolute Gasteiger partial charge is 0.392 e. The van der Waals surface area contributed by atoms with Crippen LogP contribution in [0.15, 0.2) is 24.3 Å². The highest BCUT2D eigenvalue weighted by Gasteiger charge is 2.54. The highest BCUT2D eigenvalue weighted by Crippen LogP contribution is 2.55. The summed E-state index contributed by atoms with van der Waals surface area (Å²) in [5.74, 6) is -0.217. The van der Waals surface area contributed by atoms with E-state index >= 15 is 0 Å². The Morgan fingerprint density at radius 1 is 1.16 bits per heavy atom. The minimum Gasteiger partial charge on any atom is -0.392 e. The standard InChI is InChI=1S/C26H37FN2O3/c1-15(24(31)28-14-17-4-8-19(27)9-5-17)20-10-12-26(3)13-11-21(16(2)22(26)23(20)30)29-25(32)18-6-7-18/h4-5,8-9,15-16,18,20-23,30H,6-7,10-14H2,1-3H3,(H,28,31)(H,29,32)/t15-,16+,20-,21-,22+,23-,26-/m0/s1. The van der Waals surface area contributed by atoms with Gasteiger partial charge in [-0.25, -0.2) is 4.39 Å². The summed E-state index contributed by atoms with van der Waals surface area (Å²) < 4.78 is 13.1. The van der Waals surface area contributed by atoms with Gasteiger partial charge in [-0.05, 0) is 79.4 Å². The van der Waals surface area contributed by atoms with Gasteiger partial charge in [-0.15, -0.1) is 0 Å². The third-order valence-electron chi connectivity index (χ3n) is 8.60. The van der Waals surface area contributed by atoms with Crippen molar-refractivity contribution in [2.45, 2.75) is 78.0 Å². The van der Waals surface area contributed by atoms with Gasteiger partial charge in [-0.1, -0.05) is 32.9 Å². The molecule has 0 heterocycles. The second-order valence-corrected chi connectivity index (χ2v) is 10.8. The number of hydrogen-bond acceptors (Lipinski definition) is 3. The van der Waals surface area contributed by atoms with Gasteiger partial charge >= 0.3 is 0 Å². The lowest BCUT2D eigenvalue weighted by Crippen LogP contribution is -2.58. The number of halogens is 1. The van der Waals surface area contributed by atoms with Gasteiger partial charge in [0.25, 0.3) is 0 Å². The third kappa shape index (κ3) is 4.70. The molecule has 0 aromatic heterocycles. The first-order valence-electron chi connectivity index (χ1n) is 12.2. The number of amides is 2. The predicted octanol–water partition coefficient (Wildman–Crippen LogP) is 3.80. The normalized spacial score (nSPS) is 35.5. The highest BCUT2D eigenvalue weighted by molar-refractivity contribution is 5.81. The van der Waals surface area contributed by atoms with Crippen LogP contribution in [0.25, 0.3) is 0 Å². The SMILES string of the molecule is C[C@H]1[C@@H]2[C@@H](O)[C@H]([C@H](C)C(=O)NCc3ccc(F)cc3)CC[C@@]2(C)CC[C@@H]1NC(=O)C1CC1. The third-order valence-corrected chi connectivity index (χ3v) is 8.60. The minimum atomic E-state index is -0.573. The fourth-order valence-corrected chi connectivity index (χ4v) is 6.29. The quantitative estimate of drug-likeness (QED) is 0.625. The van der Waals surface area contributed by atoms with Crippen LogP contribution in [0, 0.1) is 40.8 Å². The molecular formula is C26H37FN2O3. The average molecular weight is 445 g/mol. The molecule has 3 saturated carbocycles. The number of carbonyl (C=O) groups excluding carboxylic acids is 2. The zero-order valence-electron chi connectivity index (χ0n) is 19.4. The lowest BCUT2D eigenvalue weighted by molar-refractivity contribution is -0.144. The van der Waals surface area contributed by atoms with E-state index in [1.807, 2.05) is 6.92 Å². The molecule has 32 heavy (non-hydrogen) atoms. The maximum absolute atomic E-state index is 13.1. The van der Waals surface area contributed by atoms with Crippen LogP contribution < -0.4 is 10.6 Å². The van der Waals surface area contributed by atoms with E-state index in [4.69, 9.17) is 0 Å². The van der Waals surface area contributed by atoms with Crippen molar-refractivity contribution >= 4 is 11.8 Å². The second-order valence-electron chi connectivity index (χ2n) is 10.8. The van der Waals surface area contributed by atoms with E-state index in [1.54, 1.807) is 12.1 Å².